The number of carbonyl (C=O) groups is 3. The summed E-state index contributed by atoms with van der Waals surface area (Å²) in [6.45, 7) is 3.04. The van der Waals surface area contributed by atoms with Crippen LogP contribution in [-0.4, -0.2) is 71.2 Å². The van der Waals surface area contributed by atoms with Crippen molar-refractivity contribution in [3.8, 4) is 0 Å². The van der Waals surface area contributed by atoms with Gasteiger partial charge in [-0.2, -0.15) is 0 Å². The molecular formula is C26H28Cl3N3O3. The predicted molar refractivity (Wildman–Crippen MR) is 138 cm³/mol. The zero-order chi connectivity index (χ0) is 25.3. The van der Waals surface area contributed by atoms with Gasteiger partial charge in [-0.05, 0) is 61.2 Å². The molecule has 0 spiro atoms. The van der Waals surface area contributed by atoms with Crippen molar-refractivity contribution in [1.82, 2.24) is 14.7 Å². The number of amides is 3. The van der Waals surface area contributed by atoms with Gasteiger partial charge < -0.3 is 14.7 Å². The van der Waals surface area contributed by atoms with Crippen LogP contribution in [0.25, 0.3) is 0 Å². The van der Waals surface area contributed by atoms with Crippen LogP contribution in [0.1, 0.15) is 48.0 Å². The van der Waals surface area contributed by atoms with Gasteiger partial charge >= 0.3 is 0 Å². The first-order valence-corrected chi connectivity index (χ1v) is 12.8. The van der Waals surface area contributed by atoms with Crippen molar-refractivity contribution in [2.75, 3.05) is 26.7 Å². The van der Waals surface area contributed by atoms with Gasteiger partial charge in [0.05, 0.1) is 10.0 Å². The molecular weight excluding hydrogens is 509 g/mol. The van der Waals surface area contributed by atoms with Crippen molar-refractivity contribution in [2.24, 2.45) is 0 Å². The molecule has 3 atom stereocenters. The van der Waals surface area contributed by atoms with Crippen molar-refractivity contribution in [2.45, 2.75) is 44.2 Å². The lowest BCUT2D eigenvalue weighted by molar-refractivity contribution is -0.144. The van der Waals surface area contributed by atoms with Crippen LogP contribution >= 0.6 is 34.8 Å². The Kier molecular flexibility index (Phi) is 7.94. The predicted octanol–water partition coefficient (Wildman–Crippen LogP) is 5.11. The minimum atomic E-state index is -0.424. The Labute approximate surface area is 220 Å². The second-order valence-electron chi connectivity index (χ2n) is 9.21. The molecule has 6 nitrogen and oxygen atoms in total. The van der Waals surface area contributed by atoms with E-state index in [9.17, 15) is 14.4 Å². The van der Waals surface area contributed by atoms with Crippen molar-refractivity contribution in [3.63, 3.8) is 0 Å². The molecule has 0 aromatic heterocycles. The van der Waals surface area contributed by atoms with E-state index in [4.69, 9.17) is 34.8 Å². The molecule has 0 radical (unpaired) electrons. The van der Waals surface area contributed by atoms with Crippen LogP contribution in [0.15, 0.2) is 42.5 Å². The zero-order valence-corrected chi connectivity index (χ0v) is 22.0. The quantitative estimate of drug-likeness (QED) is 0.545. The highest BCUT2D eigenvalue weighted by atomic mass is 35.5. The maximum Gasteiger partial charge on any atom is 0.253 e. The number of hydrogen-bond donors (Lipinski definition) is 0. The lowest BCUT2D eigenvalue weighted by Gasteiger charge is -2.44. The Bertz CT molecular complexity index is 1120. The van der Waals surface area contributed by atoms with Crippen molar-refractivity contribution in [3.05, 3.63) is 68.7 Å². The van der Waals surface area contributed by atoms with Gasteiger partial charge in [-0.3, -0.25) is 14.4 Å². The number of carbonyl (C=O) groups excluding carboxylic acids is 3. The van der Waals surface area contributed by atoms with Crippen LogP contribution in [0.4, 0.5) is 0 Å². The summed E-state index contributed by atoms with van der Waals surface area (Å²) < 4.78 is 0. The number of likely N-dealkylation sites (tertiary alicyclic amines) is 2. The van der Waals surface area contributed by atoms with Gasteiger partial charge in [0.2, 0.25) is 11.8 Å². The molecule has 2 aromatic carbocycles. The first-order valence-electron chi connectivity index (χ1n) is 11.7. The number of nitrogens with zero attached hydrogens (tertiary/aromatic N) is 3. The number of piperidine rings is 1. The number of rotatable bonds is 4. The van der Waals surface area contributed by atoms with Gasteiger partial charge in [-0.1, -0.05) is 40.9 Å². The molecule has 0 bridgehead atoms. The Morgan fingerprint density at radius 2 is 1.66 bits per heavy atom. The molecule has 0 aliphatic carbocycles. The van der Waals surface area contributed by atoms with Crippen LogP contribution in [-0.2, 0) is 9.59 Å². The first-order chi connectivity index (χ1) is 16.7. The topological polar surface area (TPSA) is 60.9 Å². The highest BCUT2D eigenvalue weighted by Gasteiger charge is 2.41. The molecule has 3 amide bonds. The summed E-state index contributed by atoms with van der Waals surface area (Å²) in [4.78, 5) is 44.1. The molecule has 35 heavy (non-hydrogen) atoms. The van der Waals surface area contributed by atoms with E-state index in [0.717, 1.165) is 12.0 Å². The summed E-state index contributed by atoms with van der Waals surface area (Å²) in [5.74, 6) is -0.399. The third-order valence-electron chi connectivity index (χ3n) is 7.11. The molecule has 0 N–H and O–H groups in total. The average molecular weight is 537 g/mol. The Morgan fingerprint density at radius 1 is 0.943 bits per heavy atom. The lowest BCUT2D eigenvalue weighted by atomic mass is 9.84. The molecule has 0 unspecified atom stereocenters. The summed E-state index contributed by atoms with van der Waals surface area (Å²) >= 11 is 18.5. The Hall–Kier alpha value is -2.28. The Morgan fingerprint density at radius 3 is 2.31 bits per heavy atom. The van der Waals surface area contributed by atoms with Crippen molar-refractivity contribution >= 4 is 52.5 Å². The van der Waals surface area contributed by atoms with Gasteiger partial charge in [-0.15, -0.1) is 0 Å². The molecule has 4 rings (SSSR count). The fraction of sp³-hybridized carbons (Fsp3) is 0.423. The molecule has 186 valence electrons. The summed E-state index contributed by atoms with van der Waals surface area (Å²) in [6, 6.07) is 11.7. The fourth-order valence-corrected chi connectivity index (χ4v) is 5.66. The summed E-state index contributed by atoms with van der Waals surface area (Å²) in [5.41, 5.74) is 1.46. The van der Waals surface area contributed by atoms with E-state index in [2.05, 4.69) is 0 Å². The van der Waals surface area contributed by atoms with E-state index in [1.807, 2.05) is 17.0 Å². The monoisotopic (exact) mass is 535 g/mol. The second kappa shape index (κ2) is 10.8. The first kappa shape index (κ1) is 25.8. The van der Waals surface area contributed by atoms with Crippen LogP contribution in [0.3, 0.4) is 0 Å². The minimum Gasteiger partial charge on any atom is -0.340 e. The van der Waals surface area contributed by atoms with E-state index < -0.39 is 6.04 Å². The molecule has 2 aliphatic rings. The van der Waals surface area contributed by atoms with E-state index in [1.165, 1.54) is 6.92 Å². The van der Waals surface area contributed by atoms with Crippen LogP contribution in [0.2, 0.25) is 15.1 Å². The van der Waals surface area contributed by atoms with Crippen molar-refractivity contribution < 1.29 is 14.4 Å². The third kappa shape index (κ3) is 5.45. The van der Waals surface area contributed by atoms with E-state index in [0.29, 0.717) is 53.1 Å². The van der Waals surface area contributed by atoms with Crippen LogP contribution in [0.5, 0.6) is 0 Å². The van der Waals surface area contributed by atoms with Gasteiger partial charge in [-0.25, -0.2) is 0 Å². The van der Waals surface area contributed by atoms with Gasteiger partial charge in [0, 0.05) is 56.2 Å². The smallest absolute Gasteiger partial charge is 0.253 e. The lowest BCUT2D eigenvalue weighted by Crippen LogP contribution is -2.55. The molecule has 2 aliphatic heterocycles. The minimum absolute atomic E-state index is 0.0344. The van der Waals surface area contributed by atoms with Crippen molar-refractivity contribution in [1.29, 1.82) is 0 Å². The Balaban J connectivity index is 1.61. The van der Waals surface area contributed by atoms with E-state index in [-0.39, 0.29) is 29.7 Å². The summed E-state index contributed by atoms with van der Waals surface area (Å²) in [6.07, 6.45) is 2.09. The van der Waals surface area contributed by atoms with Gasteiger partial charge in [0.15, 0.2) is 0 Å². The molecule has 2 fully saturated rings. The van der Waals surface area contributed by atoms with Crippen LogP contribution < -0.4 is 0 Å². The molecule has 2 heterocycles. The van der Waals surface area contributed by atoms with Gasteiger partial charge in [0.25, 0.3) is 5.91 Å². The number of hydrogen-bond acceptors (Lipinski definition) is 3. The normalized spacial score (nSPS) is 22.3. The molecule has 2 saturated heterocycles. The second-order valence-corrected chi connectivity index (χ2v) is 10.5. The highest BCUT2D eigenvalue weighted by molar-refractivity contribution is 6.42. The molecule has 2 aromatic rings. The van der Waals surface area contributed by atoms with Gasteiger partial charge in [0.1, 0.15) is 6.04 Å². The largest absolute Gasteiger partial charge is 0.340 e. The maximum atomic E-state index is 13.5. The molecule has 0 saturated carbocycles. The average Bonchev–Trinajstić information content (AvgIpc) is 3.35. The van der Waals surface area contributed by atoms with E-state index in [1.54, 1.807) is 47.2 Å². The zero-order valence-electron chi connectivity index (χ0n) is 19.7. The summed E-state index contributed by atoms with van der Waals surface area (Å²) in [5, 5.41) is 1.44. The molecule has 9 heteroatoms. The maximum absolute atomic E-state index is 13.5. The number of likely N-dealkylation sites (N-methyl/N-ethyl adjacent to an activating group) is 1. The number of halogens is 3. The fourth-order valence-electron chi connectivity index (χ4n) is 5.23. The van der Waals surface area contributed by atoms with E-state index >= 15 is 0 Å². The summed E-state index contributed by atoms with van der Waals surface area (Å²) in [7, 11) is 1.79. The highest BCUT2D eigenvalue weighted by Crippen LogP contribution is 2.35. The third-order valence-corrected chi connectivity index (χ3v) is 8.10. The standard InChI is InChI=1S/C26H28Cl3N3O3/c1-16(33)32-12-3-4-24(32)26(35)31-13-11-23(20(15-31)18-7-10-21(28)22(29)14-18)30(2)25(34)17-5-8-19(27)9-6-17/h5-10,14,20,23-24H,3-4,11-13,15H2,1-2H3/t20-,23+,24-/m0/s1. The number of benzene rings is 2. The SMILES string of the molecule is CC(=O)N1CCC[C@H]1C(=O)N1CC[C@@H](N(C)C(=O)c2ccc(Cl)cc2)[C@H](c2ccc(Cl)c(Cl)c2)C1. The van der Waals surface area contributed by atoms with Crippen LogP contribution in [0, 0.1) is 0 Å².